The molecule has 0 amide bonds. The number of hydrogen-bond donors (Lipinski definition) is 1. The van der Waals surface area contributed by atoms with Crippen LogP contribution in [0.15, 0.2) is 30.9 Å². The minimum absolute atomic E-state index is 0.0373. The summed E-state index contributed by atoms with van der Waals surface area (Å²) >= 11 is 0. The molecule has 1 N–H and O–H groups in total. The summed E-state index contributed by atoms with van der Waals surface area (Å²) in [7, 11) is 0. The summed E-state index contributed by atoms with van der Waals surface area (Å²) in [5.74, 6) is -0.309. The highest BCUT2D eigenvalue weighted by atomic mass is 19.4. The summed E-state index contributed by atoms with van der Waals surface area (Å²) in [6.07, 6.45) is -1.06. The predicted molar refractivity (Wildman–Crippen MR) is 125 cm³/mol. The van der Waals surface area contributed by atoms with Crippen LogP contribution in [0.4, 0.5) is 23.4 Å². The van der Waals surface area contributed by atoms with Crippen LogP contribution < -0.4 is 4.90 Å². The van der Waals surface area contributed by atoms with E-state index in [9.17, 15) is 23.1 Å². The van der Waals surface area contributed by atoms with Crippen molar-refractivity contribution in [3.05, 3.63) is 47.9 Å². The maximum Gasteiger partial charge on any atom is 0.417 e. The third-order valence-electron chi connectivity index (χ3n) is 6.46. The summed E-state index contributed by atoms with van der Waals surface area (Å²) in [5, 5.41) is 10.8. The molecule has 1 aliphatic rings. The number of aliphatic hydroxyl groups is 1. The average molecular weight is 509 g/mol. The van der Waals surface area contributed by atoms with Crippen LogP contribution in [-0.2, 0) is 24.1 Å². The number of aliphatic hydroxyl groups excluding tert-OH is 1. The van der Waals surface area contributed by atoms with Gasteiger partial charge in [-0.15, -0.1) is 0 Å². The van der Waals surface area contributed by atoms with Crippen LogP contribution in [0, 0.1) is 11.7 Å². The molecule has 4 rings (SSSR count). The van der Waals surface area contributed by atoms with Gasteiger partial charge in [0.2, 0.25) is 0 Å². The lowest BCUT2D eigenvalue weighted by atomic mass is 9.93. The number of piperidine rings is 1. The molecule has 4 heterocycles. The number of alkyl halides is 3. The smallest absolute Gasteiger partial charge is 0.391 e. The maximum atomic E-state index is 15.2. The van der Waals surface area contributed by atoms with Gasteiger partial charge in [0.25, 0.3) is 0 Å². The van der Waals surface area contributed by atoms with Crippen molar-refractivity contribution in [1.29, 1.82) is 0 Å². The number of anilines is 1. The SMILES string of the molecule is CCN(Cc1ccc(C(F)(F)F)cn1)c1ncnc2c1c(F)cn2CC1CCN(CC(C)=O)C[C@@H]1O. The number of likely N-dealkylation sites (tertiary alicyclic amines) is 1. The number of carbonyl (C=O) groups is 1. The molecule has 1 fully saturated rings. The van der Waals surface area contributed by atoms with E-state index in [0.29, 0.717) is 56.3 Å². The van der Waals surface area contributed by atoms with Crippen molar-refractivity contribution in [2.75, 3.05) is 31.1 Å². The Labute approximate surface area is 205 Å². The molecule has 1 saturated heterocycles. The van der Waals surface area contributed by atoms with E-state index in [2.05, 4.69) is 15.0 Å². The van der Waals surface area contributed by atoms with E-state index in [1.807, 2.05) is 11.8 Å². The van der Waals surface area contributed by atoms with Crippen molar-refractivity contribution in [1.82, 2.24) is 24.4 Å². The summed E-state index contributed by atoms with van der Waals surface area (Å²) < 4.78 is 55.4. The first kappa shape index (κ1) is 26.0. The van der Waals surface area contributed by atoms with Crippen molar-refractivity contribution in [2.45, 2.75) is 45.6 Å². The lowest BCUT2D eigenvalue weighted by Crippen LogP contribution is -2.46. The number of pyridine rings is 1. The first-order valence-electron chi connectivity index (χ1n) is 11.7. The molecule has 1 aliphatic heterocycles. The van der Waals surface area contributed by atoms with Crippen LogP contribution in [0.2, 0.25) is 0 Å². The second-order valence-electron chi connectivity index (χ2n) is 9.13. The van der Waals surface area contributed by atoms with Gasteiger partial charge in [-0.3, -0.25) is 14.7 Å². The first-order chi connectivity index (χ1) is 17.1. The van der Waals surface area contributed by atoms with E-state index in [0.717, 1.165) is 12.3 Å². The average Bonchev–Trinajstić information content (AvgIpc) is 3.14. The van der Waals surface area contributed by atoms with E-state index >= 15 is 4.39 Å². The molecule has 2 atom stereocenters. The number of carbonyl (C=O) groups excluding carboxylic acids is 1. The second-order valence-corrected chi connectivity index (χ2v) is 9.13. The van der Waals surface area contributed by atoms with Crippen molar-refractivity contribution in [3.8, 4) is 0 Å². The third-order valence-corrected chi connectivity index (χ3v) is 6.46. The largest absolute Gasteiger partial charge is 0.417 e. The zero-order valence-electron chi connectivity index (χ0n) is 20.0. The molecule has 194 valence electrons. The minimum Gasteiger partial charge on any atom is -0.391 e. The Bertz CT molecular complexity index is 1210. The normalized spacial score (nSPS) is 19.1. The van der Waals surface area contributed by atoms with Crippen molar-refractivity contribution in [2.24, 2.45) is 5.92 Å². The highest BCUT2D eigenvalue weighted by molar-refractivity contribution is 5.88. The zero-order valence-corrected chi connectivity index (χ0v) is 20.0. The summed E-state index contributed by atoms with van der Waals surface area (Å²) in [5.41, 5.74) is -0.0808. The number of fused-ring (bicyclic) bond motifs is 1. The summed E-state index contributed by atoms with van der Waals surface area (Å²) in [4.78, 5) is 27.5. The number of rotatable bonds is 8. The number of nitrogens with zero attached hydrogens (tertiary/aromatic N) is 6. The van der Waals surface area contributed by atoms with Gasteiger partial charge in [0.15, 0.2) is 5.82 Å². The fourth-order valence-electron chi connectivity index (χ4n) is 4.63. The monoisotopic (exact) mass is 508 g/mol. The van der Waals surface area contributed by atoms with Crippen LogP contribution in [0.3, 0.4) is 0 Å². The molecule has 8 nitrogen and oxygen atoms in total. The van der Waals surface area contributed by atoms with Gasteiger partial charge in [-0.05, 0) is 38.9 Å². The summed E-state index contributed by atoms with van der Waals surface area (Å²) in [6, 6.07) is 2.26. The van der Waals surface area contributed by atoms with Gasteiger partial charge in [0.1, 0.15) is 23.6 Å². The Morgan fingerprint density at radius 3 is 2.64 bits per heavy atom. The Morgan fingerprint density at radius 2 is 2.03 bits per heavy atom. The lowest BCUT2D eigenvalue weighted by Gasteiger charge is -2.35. The van der Waals surface area contributed by atoms with Crippen LogP contribution in [0.1, 0.15) is 31.5 Å². The zero-order chi connectivity index (χ0) is 26.0. The van der Waals surface area contributed by atoms with Gasteiger partial charge >= 0.3 is 6.18 Å². The van der Waals surface area contributed by atoms with E-state index in [4.69, 9.17) is 0 Å². The quantitative estimate of drug-likeness (QED) is 0.468. The van der Waals surface area contributed by atoms with Gasteiger partial charge in [0.05, 0.1) is 35.8 Å². The van der Waals surface area contributed by atoms with Gasteiger partial charge < -0.3 is 14.6 Å². The van der Waals surface area contributed by atoms with E-state index in [1.54, 1.807) is 9.47 Å². The molecular formula is C24H28F4N6O2. The van der Waals surface area contributed by atoms with Crippen LogP contribution in [0.25, 0.3) is 11.0 Å². The van der Waals surface area contributed by atoms with Crippen molar-refractivity contribution >= 4 is 22.6 Å². The topological polar surface area (TPSA) is 87.4 Å². The van der Waals surface area contributed by atoms with Crippen LogP contribution in [0.5, 0.6) is 0 Å². The standard InChI is InChI=1S/C24H28F4N6O2/c1-3-33(11-18-5-4-17(8-29-18)24(26,27)28)22-21-19(25)12-34(23(21)31-14-30-22)10-16-6-7-32(9-15(2)35)13-20(16)36/h4-5,8,12,14,16,20,36H,3,6-7,9-11,13H2,1-2H3/t16?,20-/m0/s1. The molecule has 3 aromatic rings. The molecule has 3 aromatic heterocycles. The maximum absolute atomic E-state index is 15.2. The molecule has 0 spiro atoms. The Balaban J connectivity index is 1.55. The molecule has 0 aromatic carbocycles. The number of hydrogen-bond acceptors (Lipinski definition) is 7. The van der Waals surface area contributed by atoms with Gasteiger partial charge in [-0.1, -0.05) is 0 Å². The third kappa shape index (κ3) is 5.65. The Kier molecular flexibility index (Phi) is 7.55. The van der Waals surface area contributed by atoms with Gasteiger partial charge in [0, 0.05) is 37.9 Å². The number of aromatic nitrogens is 4. The number of halogens is 4. The lowest BCUT2D eigenvalue weighted by molar-refractivity contribution is -0.137. The molecular weight excluding hydrogens is 480 g/mol. The molecule has 0 radical (unpaired) electrons. The molecule has 0 bridgehead atoms. The molecule has 12 heteroatoms. The number of ketones is 1. The second kappa shape index (κ2) is 10.5. The van der Waals surface area contributed by atoms with Gasteiger partial charge in [-0.25, -0.2) is 14.4 Å². The molecule has 1 unspecified atom stereocenters. The van der Waals surface area contributed by atoms with Crippen molar-refractivity contribution < 1.29 is 27.5 Å². The van der Waals surface area contributed by atoms with E-state index < -0.39 is 23.7 Å². The number of Topliss-reactive ketones (excluding diaryl/α,β-unsaturated/α-hetero) is 1. The fourth-order valence-corrected chi connectivity index (χ4v) is 4.63. The molecule has 36 heavy (non-hydrogen) atoms. The predicted octanol–water partition coefficient (Wildman–Crippen LogP) is 3.28. The highest BCUT2D eigenvalue weighted by Gasteiger charge is 2.31. The van der Waals surface area contributed by atoms with E-state index in [1.165, 1.54) is 25.5 Å². The molecule has 0 saturated carbocycles. The Hall–Kier alpha value is -3.12. The number of β-amino-alcohol motifs (C(OH)–C–C–N with tert-alkyl or cyclic N) is 1. The summed E-state index contributed by atoms with van der Waals surface area (Å²) in [6.45, 7) is 5.56. The first-order valence-corrected chi connectivity index (χ1v) is 11.7. The minimum atomic E-state index is -4.47. The Morgan fingerprint density at radius 1 is 1.25 bits per heavy atom. The van der Waals surface area contributed by atoms with Crippen molar-refractivity contribution in [3.63, 3.8) is 0 Å². The molecule has 0 aliphatic carbocycles. The fraction of sp³-hybridized carbons (Fsp3) is 0.500. The highest BCUT2D eigenvalue weighted by Crippen LogP contribution is 2.31. The van der Waals surface area contributed by atoms with Gasteiger partial charge in [-0.2, -0.15) is 13.2 Å². The van der Waals surface area contributed by atoms with Crippen LogP contribution >= 0.6 is 0 Å². The van der Waals surface area contributed by atoms with E-state index in [-0.39, 0.29) is 23.6 Å². The van der Waals surface area contributed by atoms with Crippen LogP contribution in [-0.4, -0.2) is 67.6 Å².